The van der Waals surface area contributed by atoms with E-state index in [4.69, 9.17) is 0 Å². The Hall–Kier alpha value is -0.330. The van der Waals surface area contributed by atoms with Gasteiger partial charge in [0.2, 0.25) is 0 Å². The van der Waals surface area contributed by atoms with Gasteiger partial charge in [-0.2, -0.15) is 0 Å². The largest absolute Gasteiger partial charge is 0.212 e. The van der Waals surface area contributed by atoms with Crippen LogP contribution < -0.4 is 0 Å². The zero-order valence-corrected chi connectivity index (χ0v) is 6.08. The Morgan fingerprint density at radius 2 is 2.22 bits per heavy atom. The Balaban J connectivity index is 2.56. The van der Waals surface area contributed by atoms with E-state index in [0.29, 0.717) is 11.8 Å². The maximum Gasteiger partial charge on any atom is 0.0960 e. The van der Waals surface area contributed by atoms with Crippen molar-refractivity contribution in [2.75, 3.05) is 0 Å². The van der Waals surface area contributed by atoms with Gasteiger partial charge in [-0.15, -0.1) is 0 Å². The molecule has 0 aromatic rings. The van der Waals surface area contributed by atoms with Gasteiger partial charge < -0.3 is 0 Å². The molecule has 1 aliphatic rings. The molecule has 1 rings (SSSR count). The first kappa shape index (κ1) is 6.79. The van der Waals surface area contributed by atoms with Crippen LogP contribution in [0.2, 0.25) is 0 Å². The van der Waals surface area contributed by atoms with Gasteiger partial charge in [0.25, 0.3) is 0 Å². The maximum atomic E-state index is 12.4. The predicted octanol–water partition coefficient (Wildman–Crippen LogP) is 3.05. The van der Waals surface area contributed by atoms with Gasteiger partial charge >= 0.3 is 0 Å². The first-order valence-electron chi connectivity index (χ1n) is 3.45. The van der Waals surface area contributed by atoms with Crippen molar-refractivity contribution in [1.29, 1.82) is 0 Å². The number of rotatable bonds is 0. The van der Waals surface area contributed by atoms with E-state index in [9.17, 15) is 4.39 Å². The second-order valence-corrected chi connectivity index (χ2v) is 3.52. The minimum Gasteiger partial charge on any atom is -0.212 e. The molecule has 0 radical (unpaired) electrons. The minimum atomic E-state index is 0.0781. The molecule has 0 unspecified atom stereocenters. The van der Waals surface area contributed by atoms with E-state index >= 15 is 0 Å². The summed E-state index contributed by atoms with van der Waals surface area (Å²) in [6.45, 7) is 4.35. The third kappa shape index (κ3) is 1.81. The van der Waals surface area contributed by atoms with Gasteiger partial charge in [-0.25, -0.2) is 4.39 Å². The minimum absolute atomic E-state index is 0.0781. The summed E-state index contributed by atoms with van der Waals surface area (Å²) in [6, 6.07) is 0. The average molecular weight is 128 g/mol. The summed E-state index contributed by atoms with van der Waals surface area (Å²) < 4.78 is 12.4. The van der Waals surface area contributed by atoms with Crippen LogP contribution in [0.1, 0.15) is 33.1 Å². The fraction of sp³-hybridized carbons (Fsp3) is 0.750. The van der Waals surface area contributed by atoms with Gasteiger partial charge in [0.05, 0.1) is 5.83 Å². The molecule has 0 aromatic carbocycles. The Bertz CT molecular complexity index is 134. The summed E-state index contributed by atoms with van der Waals surface area (Å²) in [5, 5.41) is 0. The molecular weight excluding hydrogens is 115 g/mol. The van der Waals surface area contributed by atoms with Crippen molar-refractivity contribution >= 4 is 0 Å². The van der Waals surface area contributed by atoms with E-state index in [1.165, 1.54) is 0 Å². The smallest absolute Gasteiger partial charge is 0.0960 e. The Morgan fingerprint density at radius 3 is 2.56 bits per heavy atom. The molecule has 9 heavy (non-hydrogen) atoms. The normalized spacial score (nSPS) is 25.4. The van der Waals surface area contributed by atoms with Crippen LogP contribution in [0.15, 0.2) is 11.9 Å². The fourth-order valence-electron chi connectivity index (χ4n) is 1.05. The molecule has 0 aromatic heterocycles. The average Bonchev–Trinajstić information content (AvgIpc) is 1.78. The monoisotopic (exact) mass is 128 g/mol. The van der Waals surface area contributed by atoms with E-state index in [0.717, 1.165) is 12.8 Å². The molecule has 1 aliphatic carbocycles. The summed E-state index contributed by atoms with van der Waals surface area (Å²) in [5.74, 6) is 0.0781. The second kappa shape index (κ2) is 2.13. The van der Waals surface area contributed by atoms with Crippen LogP contribution in [0.25, 0.3) is 0 Å². The molecule has 0 bridgehead atoms. The molecule has 0 saturated heterocycles. The highest BCUT2D eigenvalue weighted by Crippen LogP contribution is 2.34. The molecule has 0 fully saturated rings. The lowest BCUT2D eigenvalue weighted by atomic mass is 9.81. The number of hydrogen-bond acceptors (Lipinski definition) is 0. The lowest BCUT2D eigenvalue weighted by molar-refractivity contribution is 0.305. The molecule has 0 nitrogen and oxygen atoms in total. The van der Waals surface area contributed by atoms with Gasteiger partial charge in [0.1, 0.15) is 0 Å². The van der Waals surface area contributed by atoms with E-state index < -0.39 is 0 Å². The zero-order chi connectivity index (χ0) is 6.91. The van der Waals surface area contributed by atoms with E-state index in [1.54, 1.807) is 6.08 Å². The third-order valence-corrected chi connectivity index (χ3v) is 1.92. The standard InChI is InChI=1S/C8H13F/c1-8(2)5-3-7(9)4-6-8/h3H,4-6H2,1-2H3. The summed E-state index contributed by atoms with van der Waals surface area (Å²) in [7, 11) is 0. The van der Waals surface area contributed by atoms with Crippen LogP contribution in [0, 0.1) is 5.41 Å². The molecule has 1 heteroatoms. The summed E-state index contributed by atoms with van der Waals surface area (Å²) in [5.41, 5.74) is 0.343. The third-order valence-electron chi connectivity index (χ3n) is 1.92. The number of allylic oxidation sites excluding steroid dienone is 2. The molecule has 0 atom stereocenters. The molecule has 52 valence electrons. The van der Waals surface area contributed by atoms with Crippen molar-refractivity contribution in [3.8, 4) is 0 Å². The SMILES string of the molecule is CC1(C)CC=C(F)CC1. The molecule has 0 N–H and O–H groups in total. The van der Waals surface area contributed by atoms with E-state index in [-0.39, 0.29) is 5.83 Å². The highest BCUT2D eigenvalue weighted by molar-refractivity contribution is 5.00. The Labute approximate surface area is 55.8 Å². The van der Waals surface area contributed by atoms with Crippen LogP contribution >= 0.6 is 0 Å². The van der Waals surface area contributed by atoms with Gasteiger partial charge in [-0.05, 0) is 24.7 Å². The zero-order valence-electron chi connectivity index (χ0n) is 6.08. The number of hydrogen-bond donors (Lipinski definition) is 0. The molecule has 0 saturated carbocycles. The molecule has 0 amide bonds. The van der Waals surface area contributed by atoms with Gasteiger partial charge in [0, 0.05) is 0 Å². The van der Waals surface area contributed by atoms with Crippen molar-refractivity contribution in [3.63, 3.8) is 0 Å². The predicted molar refractivity (Wildman–Crippen MR) is 36.8 cm³/mol. The highest BCUT2D eigenvalue weighted by Gasteiger charge is 2.20. The Kier molecular flexibility index (Phi) is 1.60. The van der Waals surface area contributed by atoms with Crippen molar-refractivity contribution in [2.24, 2.45) is 5.41 Å². The molecule has 0 heterocycles. The lowest BCUT2D eigenvalue weighted by Crippen LogP contribution is -2.13. The quantitative estimate of drug-likeness (QED) is 0.470. The first-order valence-corrected chi connectivity index (χ1v) is 3.45. The van der Waals surface area contributed by atoms with E-state index in [1.807, 2.05) is 0 Å². The van der Waals surface area contributed by atoms with Crippen molar-refractivity contribution in [3.05, 3.63) is 11.9 Å². The van der Waals surface area contributed by atoms with Crippen molar-refractivity contribution in [1.82, 2.24) is 0 Å². The molecule has 0 aliphatic heterocycles. The van der Waals surface area contributed by atoms with Crippen molar-refractivity contribution in [2.45, 2.75) is 33.1 Å². The van der Waals surface area contributed by atoms with Crippen molar-refractivity contribution < 1.29 is 4.39 Å². The van der Waals surface area contributed by atoms with Crippen LogP contribution in [-0.2, 0) is 0 Å². The van der Waals surface area contributed by atoms with Crippen LogP contribution in [0.3, 0.4) is 0 Å². The highest BCUT2D eigenvalue weighted by atomic mass is 19.1. The van der Waals surface area contributed by atoms with Gasteiger partial charge in [0.15, 0.2) is 0 Å². The second-order valence-electron chi connectivity index (χ2n) is 3.52. The summed E-state index contributed by atoms with van der Waals surface area (Å²) >= 11 is 0. The molecule has 0 spiro atoms. The van der Waals surface area contributed by atoms with Crippen LogP contribution in [-0.4, -0.2) is 0 Å². The Morgan fingerprint density at radius 1 is 1.56 bits per heavy atom. The lowest BCUT2D eigenvalue weighted by Gasteiger charge is -2.25. The van der Waals surface area contributed by atoms with Crippen LogP contribution in [0.5, 0.6) is 0 Å². The fourth-order valence-corrected chi connectivity index (χ4v) is 1.05. The summed E-state index contributed by atoms with van der Waals surface area (Å²) in [4.78, 5) is 0. The van der Waals surface area contributed by atoms with Gasteiger partial charge in [-0.3, -0.25) is 0 Å². The topological polar surface area (TPSA) is 0 Å². The summed E-state index contributed by atoms with van der Waals surface area (Å²) in [6.07, 6.45) is 4.25. The maximum absolute atomic E-state index is 12.4. The number of halogens is 1. The first-order chi connectivity index (χ1) is 4.10. The van der Waals surface area contributed by atoms with E-state index in [2.05, 4.69) is 13.8 Å². The molecular formula is C8H13F. The van der Waals surface area contributed by atoms with Gasteiger partial charge in [-0.1, -0.05) is 19.9 Å². The van der Waals surface area contributed by atoms with Crippen LogP contribution in [0.4, 0.5) is 4.39 Å².